The largest absolute Gasteiger partial charge is 0.350 e. The molecule has 0 spiro atoms. The van der Waals surface area contributed by atoms with Gasteiger partial charge in [-0.3, -0.25) is 0 Å². The van der Waals surface area contributed by atoms with Gasteiger partial charge in [0.15, 0.2) is 17.0 Å². The number of aromatic nitrogens is 5. The zero-order valence-corrected chi connectivity index (χ0v) is 11.6. The van der Waals surface area contributed by atoms with Gasteiger partial charge in [0.05, 0.1) is 0 Å². The van der Waals surface area contributed by atoms with E-state index >= 15 is 0 Å². The van der Waals surface area contributed by atoms with Crippen LogP contribution in [-0.4, -0.2) is 37.0 Å². The zero-order valence-electron chi connectivity index (χ0n) is 11.6. The third kappa shape index (κ3) is 2.02. The van der Waals surface area contributed by atoms with Crippen molar-refractivity contribution in [1.82, 2.24) is 25.0 Å². The monoisotopic (exact) mass is 248 g/mol. The van der Waals surface area contributed by atoms with Crippen molar-refractivity contribution in [3.05, 3.63) is 6.33 Å². The van der Waals surface area contributed by atoms with E-state index in [1.165, 1.54) is 0 Å². The molecule has 0 bridgehead atoms. The van der Waals surface area contributed by atoms with Crippen molar-refractivity contribution in [2.24, 2.45) is 0 Å². The third-order valence-corrected chi connectivity index (χ3v) is 2.94. The summed E-state index contributed by atoms with van der Waals surface area (Å²) < 4.78 is 1.79. The number of hydrogen-bond acceptors (Lipinski definition) is 5. The molecule has 98 valence electrons. The molecule has 0 fully saturated rings. The Morgan fingerprint density at radius 2 is 1.83 bits per heavy atom. The van der Waals surface area contributed by atoms with Crippen molar-refractivity contribution in [1.29, 1.82) is 0 Å². The fraction of sp³-hybridized carbons (Fsp3) is 0.667. The molecule has 2 heterocycles. The minimum absolute atomic E-state index is 0.356. The average Bonchev–Trinajstić information content (AvgIpc) is 2.72. The molecule has 0 radical (unpaired) electrons. The molecule has 0 aromatic carbocycles. The fourth-order valence-corrected chi connectivity index (χ4v) is 2.27. The standard InChI is InChI=1S/C12H20N6/c1-6-17-11-10(15-16-17)12(14-7-13-11)18(8(2)3)9(4)5/h7-9H,6H2,1-5H3. The number of anilines is 1. The molecule has 0 aliphatic heterocycles. The predicted octanol–water partition coefficient (Wildman–Crippen LogP) is 1.86. The van der Waals surface area contributed by atoms with E-state index in [9.17, 15) is 0 Å². The summed E-state index contributed by atoms with van der Waals surface area (Å²) in [4.78, 5) is 10.9. The molecule has 0 atom stereocenters. The van der Waals surface area contributed by atoms with Crippen molar-refractivity contribution in [3.8, 4) is 0 Å². The van der Waals surface area contributed by atoms with Gasteiger partial charge in [-0.2, -0.15) is 0 Å². The topological polar surface area (TPSA) is 59.7 Å². The van der Waals surface area contributed by atoms with Gasteiger partial charge in [0.25, 0.3) is 0 Å². The van der Waals surface area contributed by atoms with Crippen LogP contribution in [0, 0.1) is 0 Å². The number of nitrogens with zero attached hydrogens (tertiary/aromatic N) is 6. The van der Waals surface area contributed by atoms with Crippen LogP contribution in [-0.2, 0) is 6.54 Å². The van der Waals surface area contributed by atoms with E-state index in [1.807, 2.05) is 6.92 Å². The molecule has 2 aromatic heterocycles. The Hall–Kier alpha value is -1.72. The zero-order chi connectivity index (χ0) is 13.3. The summed E-state index contributed by atoms with van der Waals surface area (Å²) >= 11 is 0. The SMILES string of the molecule is CCn1nnc2c(N(C(C)C)C(C)C)ncnc21. The summed E-state index contributed by atoms with van der Waals surface area (Å²) in [5.74, 6) is 0.865. The Kier molecular flexibility index (Phi) is 3.45. The van der Waals surface area contributed by atoms with Gasteiger partial charge < -0.3 is 4.90 Å². The number of rotatable bonds is 4. The number of hydrogen-bond donors (Lipinski definition) is 0. The lowest BCUT2D eigenvalue weighted by Crippen LogP contribution is -2.37. The maximum absolute atomic E-state index is 4.40. The molecular formula is C12H20N6. The van der Waals surface area contributed by atoms with Crippen molar-refractivity contribution in [2.45, 2.75) is 53.2 Å². The quantitative estimate of drug-likeness (QED) is 0.826. The Labute approximate surface area is 107 Å². The normalized spacial score (nSPS) is 11.7. The average molecular weight is 248 g/mol. The van der Waals surface area contributed by atoms with Crippen LogP contribution in [0.5, 0.6) is 0 Å². The van der Waals surface area contributed by atoms with E-state index in [4.69, 9.17) is 0 Å². The second-order valence-electron chi connectivity index (χ2n) is 4.87. The van der Waals surface area contributed by atoms with Crippen LogP contribution in [0.3, 0.4) is 0 Å². The second-order valence-corrected chi connectivity index (χ2v) is 4.87. The van der Waals surface area contributed by atoms with Crippen LogP contribution in [0.25, 0.3) is 11.2 Å². The molecule has 2 aromatic rings. The van der Waals surface area contributed by atoms with Crippen LogP contribution < -0.4 is 4.90 Å². The molecule has 6 nitrogen and oxygen atoms in total. The summed E-state index contributed by atoms with van der Waals surface area (Å²) in [6.07, 6.45) is 1.59. The Balaban J connectivity index is 2.60. The van der Waals surface area contributed by atoms with E-state index < -0.39 is 0 Å². The highest BCUT2D eigenvalue weighted by Gasteiger charge is 2.21. The molecule has 6 heteroatoms. The maximum Gasteiger partial charge on any atom is 0.183 e. The lowest BCUT2D eigenvalue weighted by Gasteiger charge is -2.31. The number of aryl methyl sites for hydroxylation is 1. The fourth-order valence-electron chi connectivity index (χ4n) is 2.27. The highest BCUT2D eigenvalue weighted by Crippen LogP contribution is 2.24. The van der Waals surface area contributed by atoms with Crippen LogP contribution in [0.4, 0.5) is 5.82 Å². The first kappa shape index (κ1) is 12.7. The van der Waals surface area contributed by atoms with Crippen molar-refractivity contribution >= 4 is 17.0 Å². The van der Waals surface area contributed by atoms with E-state index in [0.29, 0.717) is 12.1 Å². The Bertz CT molecular complexity index is 522. The van der Waals surface area contributed by atoms with E-state index in [1.54, 1.807) is 11.0 Å². The molecule has 2 rings (SSSR count). The molecule has 0 aliphatic carbocycles. The summed E-state index contributed by atoms with van der Waals surface area (Å²) in [7, 11) is 0. The first-order valence-electron chi connectivity index (χ1n) is 6.38. The molecular weight excluding hydrogens is 228 g/mol. The molecule has 0 amide bonds. The Morgan fingerprint density at radius 1 is 1.17 bits per heavy atom. The third-order valence-electron chi connectivity index (χ3n) is 2.94. The van der Waals surface area contributed by atoms with E-state index in [0.717, 1.165) is 23.5 Å². The van der Waals surface area contributed by atoms with E-state index in [-0.39, 0.29) is 0 Å². The summed E-state index contributed by atoms with van der Waals surface area (Å²) in [6, 6.07) is 0.713. The van der Waals surface area contributed by atoms with Crippen LogP contribution in [0.15, 0.2) is 6.33 Å². The van der Waals surface area contributed by atoms with Gasteiger partial charge in [0.1, 0.15) is 6.33 Å². The second kappa shape index (κ2) is 4.88. The Morgan fingerprint density at radius 3 is 2.39 bits per heavy atom. The van der Waals surface area contributed by atoms with Gasteiger partial charge in [-0.25, -0.2) is 14.6 Å². The summed E-state index contributed by atoms with van der Waals surface area (Å²) in [5, 5.41) is 8.33. The first-order chi connectivity index (χ1) is 8.56. The van der Waals surface area contributed by atoms with Gasteiger partial charge in [-0.1, -0.05) is 5.21 Å². The number of fused-ring (bicyclic) bond motifs is 1. The van der Waals surface area contributed by atoms with Crippen LogP contribution in [0.1, 0.15) is 34.6 Å². The lowest BCUT2D eigenvalue weighted by molar-refractivity contribution is 0.601. The highest BCUT2D eigenvalue weighted by atomic mass is 15.4. The molecule has 18 heavy (non-hydrogen) atoms. The summed E-state index contributed by atoms with van der Waals surface area (Å²) in [5.41, 5.74) is 1.58. The van der Waals surface area contributed by atoms with Gasteiger partial charge in [-0.15, -0.1) is 5.10 Å². The molecule has 0 saturated carbocycles. The predicted molar refractivity (Wildman–Crippen MR) is 71.5 cm³/mol. The van der Waals surface area contributed by atoms with Gasteiger partial charge in [-0.05, 0) is 34.6 Å². The minimum Gasteiger partial charge on any atom is -0.350 e. The van der Waals surface area contributed by atoms with Gasteiger partial charge >= 0.3 is 0 Å². The molecule has 0 N–H and O–H groups in total. The van der Waals surface area contributed by atoms with Crippen LogP contribution >= 0.6 is 0 Å². The molecule has 0 saturated heterocycles. The van der Waals surface area contributed by atoms with Crippen molar-refractivity contribution < 1.29 is 0 Å². The molecule has 0 aliphatic rings. The maximum atomic E-state index is 4.40. The van der Waals surface area contributed by atoms with E-state index in [2.05, 4.69) is 52.9 Å². The first-order valence-corrected chi connectivity index (χ1v) is 6.38. The molecule has 0 unspecified atom stereocenters. The van der Waals surface area contributed by atoms with Gasteiger partial charge in [0, 0.05) is 18.6 Å². The van der Waals surface area contributed by atoms with Crippen molar-refractivity contribution in [2.75, 3.05) is 4.90 Å². The summed E-state index contributed by atoms with van der Waals surface area (Å²) in [6.45, 7) is 11.4. The minimum atomic E-state index is 0.356. The lowest BCUT2D eigenvalue weighted by atomic mass is 10.2. The van der Waals surface area contributed by atoms with Gasteiger partial charge in [0.2, 0.25) is 0 Å². The van der Waals surface area contributed by atoms with Crippen LogP contribution in [0.2, 0.25) is 0 Å². The van der Waals surface area contributed by atoms with Crippen molar-refractivity contribution in [3.63, 3.8) is 0 Å². The highest BCUT2D eigenvalue weighted by molar-refractivity contribution is 5.82. The smallest absolute Gasteiger partial charge is 0.183 e.